The molecule has 0 aromatic heterocycles. The quantitative estimate of drug-likeness (QED) is 0.626. The maximum Gasteiger partial charge on any atom is 0.237 e. The topological polar surface area (TPSA) is 58.4 Å². The van der Waals surface area contributed by atoms with Gasteiger partial charge in [0.25, 0.3) is 0 Å². The Labute approximate surface area is 79.5 Å². The van der Waals surface area contributed by atoms with E-state index in [2.05, 4.69) is 10.2 Å². The van der Waals surface area contributed by atoms with Crippen molar-refractivity contribution < 1.29 is 4.79 Å². The van der Waals surface area contributed by atoms with E-state index in [0.717, 1.165) is 19.4 Å². The molecule has 0 saturated carbocycles. The lowest BCUT2D eigenvalue weighted by Crippen LogP contribution is -2.44. The lowest BCUT2D eigenvalue weighted by molar-refractivity contribution is -0.125. The van der Waals surface area contributed by atoms with E-state index in [1.807, 2.05) is 14.0 Å². The van der Waals surface area contributed by atoms with Crippen LogP contribution in [0.1, 0.15) is 19.8 Å². The molecule has 4 nitrogen and oxygen atoms in total. The minimum atomic E-state index is 0.0376. The van der Waals surface area contributed by atoms with Crippen molar-refractivity contribution in [2.45, 2.75) is 31.8 Å². The normalized spacial score (nSPS) is 25.9. The zero-order valence-corrected chi connectivity index (χ0v) is 8.42. The first-order valence-corrected chi connectivity index (χ1v) is 4.85. The predicted molar refractivity (Wildman–Crippen MR) is 52.3 cm³/mol. The molecule has 0 bridgehead atoms. The summed E-state index contributed by atoms with van der Waals surface area (Å²) in [6, 6.07) is 0.106. The average molecular weight is 185 g/mol. The molecule has 1 rings (SSSR count). The summed E-state index contributed by atoms with van der Waals surface area (Å²) < 4.78 is 0. The van der Waals surface area contributed by atoms with Crippen molar-refractivity contribution in [1.29, 1.82) is 0 Å². The van der Waals surface area contributed by atoms with Crippen molar-refractivity contribution in [3.8, 4) is 0 Å². The van der Waals surface area contributed by atoms with Gasteiger partial charge in [0.15, 0.2) is 0 Å². The van der Waals surface area contributed by atoms with Gasteiger partial charge in [0.05, 0.1) is 6.04 Å². The van der Waals surface area contributed by atoms with Crippen molar-refractivity contribution in [3.63, 3.8) is 0 Å². The van der Waals surface area contributed by atoms with Crippen LogP contribution in [0.25, 0.3) is 0 Å². The number of amides is 1. The summed E-state index contributed by atoms with van der Waals surface area (Å²) >= 11 is 0. The zero-order valence-electron chi connectivity index (χ0n) is 8.42. The molecule has 0 aromatic rings. The second-order valence-electron chi connectivity index (χ2n) is 3.86. The van der Waals surface area contributed by atoms with E-state index in [4.69, 9.17) is 5.73 Å². The van der Waals surface area contributed by atoms with Crippen molar-refractivity contribution in [2.24, 2.45) is 5.73 Å². The van der Waals surface area contributed by atoms with E-state index in [-0.39, 0.29) is 18.0 Å². The Morgan fingerprint density at radius 1 is 1.77 bits per heavy atom. The van der Waals surface area contributed by atoms with Gasteiger partial charge in [-0.2, -0.15) is 0 Å². The molecule has 0 aromatic carbocycles. The van der Waals surface area contributed by atoms with Gasteiger partial charge in [-0.15, -0.1) is 0 Å². The van der Waals surface area contributed by atoms with Gasteiger partial charge in [-0.05, 0) is 33.4 Å². The number of rotatable bonds is 3. The largest absolute Gasteiger partial charge is 0.353 e. The molecular weight excluding hydrogens is 166 g/mol. The van der Waals surface area contributed by atoms with Gasteiger partial charge in [-0.1, -0.05) is 0 Å². The van der Waals surface area contributed by atoms with Gasteiger partial charge in [0.2, 0.25) is 5.91 Å². The van der Waals surface area contributed by atoms with Gasteiger partial charge in [0.1, 0.15) is 0 Å². The van der Waals surface area contributed by atoms with Gasteiger partial charge < -0.3 is 11.1 Å². The molecule has 0 radical (unpaired) electrons. The van der Waals surface area contributed by atoms with E-state index in [1.54, 1.807) is 0 Å². The molecule has 13 heavy (non-hydrogen) atoms. The van der Waals surface area contributed by atoms with Gasteiger partial charge in [0, 0.05) is 12.6 Å². The van der Waals surface area contributed by atoms with Crippen molar-refractivity contribution in [3.05, 3.63) is 0 Å². The number of nitrogens with one attached hydrogen (secondary N) is 1. The predicted octanol–water partition coefficient (Wildman–Crippen LogP) is -0.456. The second kappa shape index (κ2) is 4.58. The van der Waals surface area contributed by atoms with Crippen LogP contribution in [-0.4, -0.2) is 43.0 Å². The highest BCUT2D eigenvalue weighted by atomic mass is 16.2. The standard InChI is InChI=1S/C9H19N3O/c1-7(10)6-11-9(13)8-4-3-5-12(8)2/h7-8H,3-6,10H2,1-2H3,(H,11,13). The molecule has 1 aliphatic heterocycles. The zero-order chi connectivity index (χ0) is 9.84. The molecule has 0 aliphatic carbocycles. The number of likely N-dealkylation sites (N-methyl/N-ethyl adjacent to an activating group) is 1. The number of nitrogens with zero attached hydrogens (tertiary/aromatic N) is 1. The molecule has 3 N–H and O–H groups in total. The minimum Gasteiger partial charge on any atom is -0.353 e. The number of hydrogen-bond donors (Lipinski definition) is 2. The Morgan fingerprint density at radius 3 is 2.92 bits per heavy atom. The minimum absolute atomic E-state index is 0.0376. The van der Waals surface area contributed by atoms with Crippen molar-refractivity contribution >= 4 is 5.91 Å². The summed E-state index contributed by atoms with van der Waals surface area (Å²) in [5, 5.41) is 2.85. The Bertz CT molecular complexity index is 182. The SMILES string of the molecule is CC(N)CNC(=O)C1CCCN1C. The average Bonchev–Trinajstić information content (AvgIpc) is 2.47. The van der Waals surface area contributed by atoms with E-state index in [9.17, 15) is 4.79 Å². The van der Waals surface area contributed by atoms with Gasteiger partial charge in [-0.25, -0.2) is 0 Å². The molecule has 2 unspecified atom stereocenters. The van der Waals surface area contributed by atoms with Crippen LogP contribution in [0, 0.1) is 0 Å². The molecule has 1 fully saturated rings. The Morgan fingerprint density at radius 2 is 2.46 bits per heavy atom. The van der Waals surface area contributed by atoms with Gasteiger partial charge in [-0.3, -0.25) is 9.69 Å². The lowest BCUT2D eigenvalue weighted by Gasteiger charge is -2.19. The van der Waals surface area contributed by atoms with E-state index >= 15 is 0 Å². The third-order valence-corrected chi connectivity index (χ3v) is 2.42. The number of likely N-dealkylation sites (tertiary alicyclic amines) is 1. The molecule has 0 spiro atoms. The van der Waals surface area contributed by atoms with Crippen LogP contribution < -0.4 is 11.1 Å². The van der Waals surface area contributed by atoms with Crippen molar-refractivity contribution in [2.75, 3.05) is 20.1 Å². The van der Waals surface area contributed by atoms with Crippen LogP contribution in [-0.2, 0) is 4.79 Å². The Balaban J connectivity index is 2.30. The summed E-state index contributed by atoms with van der Waals surface area (Å²) in [5.74, 6) is 0.123. The Kier molecular flexibility index (Phi) is 3.69. The molecule has 4 heteroatoms. The highest BCUT2D eigenvalue weighted by Crippen LogP contribution is 2.14. The summed E-state index contributed by atoms with van der Waals surface area (Å²) in [6.45, 7) is 3.48. The van der Waals surface area contributed by atoms with Crippen LogP contribution in [0.3, 0.4) is 0 Å². The molecule has 76 valence electrons. The summed E-state index contributed by atoms with van der Waals surface area (Å²) in [7, 11) is 1.99. The molecule has 1 amide bonds. The van der Waals surface area contributed by atoms with E-state index < -0.39 is 0 Å². The molecular formula is C9H19N3O. The fourth-order valence-electron chi connectivity index (χ4n) is 1.62. The fourth-order valence-corrected chi connectivity index (χ4v) is 1.62. The van der Waals surface area contributed by atoms with Crippen LogP contribution in [0.15, 0.2) is 0 Å². The number of hydrogen-bond acceptors (Lipinski definition) is 3. The summed E-state index contributed by atoms with van der Waals surface area (Å²) in [6.07, 6.45) is 2.09. The van der Waals surface area contributed by atoms with Crippen LogP contribution in [0.4, 0.5) is 0 Å². The first-order chi connectivity index (χ1) is 6.11. The van der Waals surface area contributed by atoms with Crippen molar-refractivity contribution in [1.82, 2.24) is 10.2 Å². The molecule has 1 saturated heterocycles. The van der Waals surface area contributed by atoms with E-state index in [1.165, 1.54) is 0 Å². The van der Waals surface area contributed by atoms with Crippen LogP contribution in [0.5, 0.6) is 0 Å². The lowest BCUT2D eigenvalue weighted by atomic mass is 10.2. The number of carbonyl (C=O) groups is 1. The first kappa shape index (κ1) is 10.5. The van der Waals surface area contributed by atoms with E-state index in [0.29, 0.717) is 6.54 Å². The molecule has 1 heterocycles. The Hall–Kier alpha value is -0.610. The summed E-state index contributed by atoms with van der Waals surface area (Å²) in [5.41, 5.74) is 5.55. The van der Waals surface area contributed by atoms with Crippen LogP contribution >= 0.6 is 0 Å². The third-order valence-electron chi connectivity index (χ3n) is 2.42. The molecule has 2 atom stereocenters. The van der Waals surface area contributed by atoms with Crippen LogP contribution in [0.2, 0.25) is 0 Å². The maximum atomic E-state index is 11.6. The smallest absolute Gasteiger partial charge is 0.237 e. The second-order valence-corrected chi connectivity index (χ2v) is 3.86. The molecule has 1 aliphatic rings. The first-order valence-electron chi connectivity index (χ1n) is 4.85. The highest BCUT2D eigenvalue weighted by molar-refractivity contribution is 5.81. The third kappa shape index (κ3) is 2.97. The highest BCUT2D eigenvalue weighted by Gasteiger charge is 2.27. The number of carbonyl (C=O) groups excluding carboxylic acids is 1. The van der Waals surface area contributed by atoms with Gasteiger partial charge >= 0.3 is 0 Å². The maximum absolute atomic E-state index is 11.6. The fraction of sp³-hybridized carbons (Fsp3) is 0.889. The monoisotopic (exact) mass is 185 g/mol. The number of nitrogens with two attached hydrogens (primary N) is 1. The summed E-state index contributed by atoms with van der Waals surface area (Å²) in [4.78, 5) is 13.6.